The summed E-state index contributed by atoms with van der Waals surface area (Å²) < 4.78 is 16.2. The van der Waals surface area contributed by atoms with E-state index in [2.05, 4.69) is 5.32 Å². The largest absolute Gasteiger partial charge is 0.454 e. The number of hydrogen-bond acceptors (Lipinski definition) is 6. The summed E-state index contributed by atoms with van der Waals surface area (Å²) in [7, 11) is 1.55. The molecule has 10 heteroatoms. The summed E-state index contributed by atoms with van der Waals surface area (Å²) in [6.07, 6.45) is 0.460. The van der Waals surface area contributed by atoms with Crippen LogP contribution in [0.1, 0.15) is 44.4 Å². The predicted molar refractivity (Wildman–Crippen MR) is 136 cm³/mol. The maximum absolute atomic E-state index is 13.6. The van der Waals surface area contributed by atoms with Crippen molar-refractivity contribution in [3.63, 3.8) is 0 Å². The van der Waals surface area contributed by atoms with Crippen LogP contribution in [0.25, 0.3) is 0 Å². The van der Waals surface area contributed by atoms with Crippen molar-refractivity contribution in [2.24, 2.45) is 5.10 Å². The van der Waals surface area contributed by atoms with Crippen molar-refractivity contribution in [2.45, 2.75) is 38.8 Å². The van der Waals surface area contributed by atoms with Crippen LogP contribution in [0.2, 0.25) is 5.02 Å². The Kier molecular flexibility index (Phi) is 7.70. The summed E-state index contributed by atoms with van der Waals surface area (Å²) in [4.78, 5) is 28.0. The zero-order chi connectivity index (χ0) is 25.9. The third-order valence-electron chi connectivity index (χ3n) is 5.79. The minimum atomic E-state index is -0.455. The molecule has 192 valence electrons. The number of fused-ring (bicyclic) bond motifs is 1. The zero-order valence-corrected chi connectivity index (χ0v) is 21.7. The third kappa shape index (κ3) is 5.91. The van der Waals surface area contributed by atoms with E-state index in [1.54, 1.807) is 13.2 Å². The Hall–Kier alpha value is -3.30. The fourth-order valence-corrected chi connectivity index (χ4v) is 4.31. The summed E-state index contributed by atoms with van der Waals surface area (Å²) >= 11 is 6.45. The number of carbonyl (C=O) groups is 2. The zero-order valence-electron chi connectivity index (χ0n) is 20.9. The monoisotopic (exact) mass is 514 g/mol. The van der Waals surface area contributed by atoms with Crippen molar-refractivity contribution in [3.8, 4) is 11.5 Å². The third-order valence-corrected chi connectivity index (χ3v) is 6.12. The van der Waals surface area contributed by atoms with Gasteiger partial charge in [-0.3, -0.25) is 4.79 Å². The number of methoxy groups -OCH3 is 1. The number of nitrogens with one attached hydrogen (secondary N) is 1. The molecule has 1 unspecified atom stereocenters. The maximum Gasteiger partial charge on any atom is 0.318 e. The molecule has 2 aromatic rings. The van der Waals surface area contributed by atoms with Crippen LogP contribution in [0.3, 0.4) is 0 Å². The maximum atomic E-state index is 13.6. The van der Waals surface area contributed by atoms with Gasteiger partial charge < -0.3 is 24.4 Å². The molecule has 0 spiro atoms. The highest BCUT2D eigenvalue weighted by molar-refractivity contribution is 6.34. The number of hydrogen-bond donors (Lipinski definition) is 1. The first-order chi connectivity index (χ1) is 17.2. The second-order valence-electron chi connectivity index (χ2n) is 9.69. The predicted octanol–water partition coefficient (Wildman–Crippen LogP) is 4.20. The average molecular weight is 515 g/mol. The molecular weight excluding hydrogens is 484 g/mol. The lowest BCUT2D eigenvalue weighted by Gasteiger charge is -2.30. The molecule has 0 fully saturated rings. The van der Waals surface area contributed by atoms with Crippen LogP contribution >= 0.6 is 11.6 Å². The average Bonchev–Trinajstić information content (AvgIpc) is 3.47. The molecule has 2 aliphatic rings. The summed E-state index contributed by atoms with van der Waals surface area (Å²) in [5.74, 6) is 0.962. The molecule has 0 saturated carbocycles. The van der Waals surface area contributed by atoms with Gasteiger partial charge in [0.2, 0.25) is 6.79 Å². The number of urea groups is 1. The fourth-order valence-electron chi connectivity index (χ4n) is 4.07. The second-order valence-corrected chi connectivity index (χ2v) is 10.1. The van der Waals surface area contributed by atoms with Crippen LogP contribution in [0, 0.1) is 0 Å². The van der Waals surface area contributed by atoms with E-state index in [0.717, 1.165) is 11.1 Å². The molecule has 0 aromatic heterocycles. The molecule has 0 saturated heterocycles. The van der Waals surface area contributed by atoms with Crippen LogP contribution in [0.4, 0.5) is 4.79 Å². The van der Waals surface area contributed by atoms with E-state index in [-0.39, 0.29) is 31.8 Å². The van der Waals surface area contributed by atoms with Crippen molar-refractivity contribution in [2.75, 3.05) is 33.6 Å². The van der Waals surface area contributed by atoms with E-state index in [0.29, 0.717) is 35.3 Å². The molecule has 0 bridgehead atoms. The minimum Gasteiger partial charge on any atom is -0.454 e. The lowest BCUT2D eigenvalue weighted by molar-refractivity contribution is -0.133. The van der Waals surface area contributed by atoms with E-state index in [9.17, 15) is 9.59 Å². The number of hydrazone groups is 1. The molecule has 0 radical (unpaired) electrons. The van der Waals surface area contributed by atoms with Crippen LogP contribution in [-0.2, 0) is 9.53 Å². The van der Waals surface area contributed by atoms with Gasteiger partial charge in [0.15, 0.2) is 11.5 Å². The topological polar surface area (TPSA) is 92.7 Å². The van der Waals surface area contributed by atoms with E-state index < -0.39 is 11.6 Å². The Balaban J connectivity index is 1.63. The van der Waals surface area contributed by atoms with E-state index in [4.69, 9.17) is 30.9 Å². The first-order valence-electron chi connectivity index (χ1n) is 11.8. The van der Waals surface area contributed by atoms with Gasteiger partial charge >= 0.3 is 6.03 Å². The van der Waals surface area contributed by atoms with Gasteiger partial charge in [0, 0.05) is 36.2 Å². The van der Waals surface area contributed by atoms with Crippen molar-refractivity contribution in [1.82, 2.24) is 15.2 Å². The summed E-state index contributed by atoms with van der Waals surface area (Å²) in [6.45, 7) is 6.21. The number of amides is 3. The first kappa shape index (κ1) is 25.8. The minimum absolute atomic E-state index is 0.158. The summed E-state index contributed by atoms with van der Waals surface area (Å²) in [6, 6.07) is 12.3. The molecule has 3 amide bonds. The Morgan fingerprint density at radius 2 is 1.94 bits per heavy atom. The molecule has 4 rings (SSSR count). The Labute approximate surface area is 215 Å². The molecule has 2 aliphatic heterocycles. The normalized spacial score (nSPS) is 16.6. The number of rotatable bonds is 7. The van der Waals surface area contributed by atoms with Crippen molar-refractivity contribution in [1.29, 1.82) is 0 Å². The molecule has 36 heavy (non-hydrogen) atoms. The lowest BCUT2D eigenvalue weighted by Crippen LogP contribution is -2.52. The molecule has 2 aromatic carbocycles. The van der Waals surface area contributed by atoms with Gasteiger partial charge in [0.05, 0.1) is 18.4 Å². The number of ether oxygens (including phenoxy) is 3. The van der Waals surface area contributed by atoms with Gasteiger partial charge in [-0.15, -0.1) is 0 Å². The highest BCUT2D eigenvalue weighted by atomic mass is 35.5. The van der Waals surface area contributed by atoms with Crippen LogP contribution in [0.5, 0.6) is 11.5 Å². The highest BCUT2D eigenvalue weighted by Gasteiger charge is 2.36. The molecule has 2 heterocycles. The molecule has 0 aliphatic carbocycles. The lowest BCUT2D eigenvalue weighted by atomic mass is 9.98. The van der Waals surface area contributed by atoms with E-state index in [1.165, 1.54) is 9.91 Å². The van der Waals surface area contributed by atoms with E-state index in [1.807, 2.05) is 57.2 Å². The highest BCUT2D eigenvalue weighted by Crippen LogP contribution is 2.39. The van der Waals surface area contributed by atoms with Gasteiger partial charge in [-0.05, 0) is 44.5 Å². The van der Waals surface area contributed by atoms with Gasteiger partial charge in [-0.1, -0.05) is 35.9 Å². The summed E-state index contributed by atoms with van der Waals surface area (Å²) in [5, 5.41) is 9.61. The van der Waals surface area contributed by atoms with Gasteiger partial charge in [-0.2, -0.15) is 5.10 Å². The SMILES string of the molecule is COCCN(CC(=O)N1N=C(c2ccccc2Cl)CC1c1ccc2c(c1)OCO2)C(=O)NC(C)(C)C. The number of halogens is 1. The van der Waals surface area contributed by atoms with Crippen LogP contribution in [0.15, 0.2) is 47.6 Å². The Morgan fingerprint density at radius 3 is 2.67 bits per heavy atom. The Bertz CT molecular complexity index is 1160. The first-order valence-corrected chi connectivity index (χ1v) is 12.1. The number of benzene rings is 2. The number of carbonyl (C=O) groups excluding carboxylic acids is 2. The van der Waals surface area contributed by atoms with Crippen LogP contribution < -0.4 is 14.8 Å². The molecule has 9 nitrogen and oxygen atoms in total. The standard InChI is InChI=1S/C26H31ClN4O5/c1-26(2,3)28-25(33)30(11-12-34-4)15-24(32)31-21(17-9-10-22-23(13-17)36-16-35-22)14-20(29-31)18-7-5-6-8-19(18)27/h5-10,13,21H,11-12,14-16H2,1-4H3,(H,28,33). The number of nitrogens with zero attached hydrogens (tertiary/aromatic N) is 3. The van der Waals surface area contributed by atoms with Gasteiger partial charge in [0.25, 0.3) is 5.91 Å². The van der Waals surface area contributed by atoms with Crippen LogP contribution in [-0.4, -0.2) is 66.7 Å². The smallest absolute Gasteiger partial charge is 0.318 e. The van der Waals surface area contributed by atoms with E-state index >= 15 is 0 Å². The van der Waals surface area contributed by atoms with Gasteiger partial charge in [-0.25, -0.2) is 9.80 Å². The van der Waals surface area contributed by atoms with Crippen molar-refractivity contribution < 1.29 is 23.8 Å². The van der Waals surface area contributed by atoms with Crippen molar-refractivity contribution >= 4 is 29.3 Å². The van der Waals surface area contributed by atoms with Gasteiger partial charge in [0.1, 0.15) is 6.54 Å². The Morgan fingerprint density at radius 1 is 1.19 bits per heavy atom. The molecular formula is C26H31ClN4O5. The molecule has 1 N–H and O–H groups in total. The quantitative estimate of drug-likeness (QED) is 0.597. The van der Waals surface area contributed by atoms with Crippen molar-refractivity contribution in [3.05, 3.63) is 58.6 Å². The molecule has 1 atom stereocenters. The second kappa shape index (κ2) is 10.8. The summed E-state index contributed by atoms with van der Waals surface area (Å²) in [5.41, 5.74) is 1.85. The fraction of sp³-hybridized carbons (Fsp3) is 0.423.